The van der Waals surface area contributed by atoms with E-state index >= 15 is 0 Å². The van der Waals surface area contributed by atoms with Crippen LogP contribution in [0.25, 0.3) is 0 Å². The molecule has 0 spiro atoms. The summed E-state index contributed by atoms with van der Waals surface area (Å²) >= 11 is 0. The number of hydrogen-bond acceptors (Lipinski definition) is 8. The molecule has 55 heavy (non-hydrogen) atoms. The molecule has 0 bridgehead atoms. The number of amides is 5. The summed E-state index contributed by atoms with van der Waals surface area (Å²) in [6.07, 6.45) is 2.28. The molecule has 3 rings (SSSR count). The van der Waals surface area contributed by atoms with E-state index in [-0.39, 0.29) is 31.3 Å². The summed E-state index contributed by atoms with van der Waals surface area (Å²) in [5.41, 5.74) is 24.0. The zero-order chi connectivity index (χ0) is 40.2. The predicted molar refractivity (Wildman–Crippen MR) is 211 cm³/mol. The highest BCUT2D eigenvalue weighted by Gasteiger charge is 2.33. The monoisotopic (exact) mass is 757 g/mol. The van der Waals surface area contributed by atoms with Crippen LogP contribution in [0.2, 0.25) is 0 Å². The second kappa shape index (κ2) is 23.0. The number of carbonyl (C=O) groups is 5. The zero-order valence-corrected chi connectivity index (χ0v) is 31.5. The lowest BCUT2D eigenvalue weighted by Gasteiger charge is -2.28. The first-order chi connectivity index (χ1) is 26.4. The van der Waals surface area contributed by atoms with E-state index in [1.54, 1.807) is 61.5 Å². The van der Waals surface area contributed by atoms with Gasteiger partial charge in [-0.25, -0.2) is 0 Å². The first-order valence-electron chi connectivity index (χ1n) is 18.5. The van der Waals surface area contributed by atoms with Gasteiger partial charge in [-0.3, -0.25) is 29.0 Å². The highest BCUT2D eigenvalue weighted by Crippen LogP contribution is 2.21. The van der Waals surface area contributed by atoms with E-state index in [2.05, 4.69) is 26.3 Å². The summed E-state index contributed by atoms with van der Waals surface area (Å²) < 4.78 is 5.92. The lowest BCUT2D eigenvalue weighted by Crippen LogP contribution is -2.56. The molecule has 15 heteroatoms. The fourth-order valence-corrected chi connectivity index (χ4v) is 5.64. The third kappa shape index (κ3) is 14.8. The fraction of sp³-hybridized carbons (Fsp3) is 0.400. The summed E-state index contributed by atoms with van der Waals surface area (Å²) in [6, 6.07) is 20.2. The lowest BCUT2D eigenvalue weighted by atomic mass is 9.97. The molecular formula is C40H55N9O6. The van der Waals surface area contributed by atoms with Crippen molar-refractivity contribution in [3.05, 3.63) is 102 Å². The Morgan fingerprint density at radius 3 is 1.91 bits per heavy atom. The Morgan fingerprint density at radius 2 is 1.31 bits per heavy atom. The number of hydrogen-bond donors (Lipinski definition) is 8. The minimum atomic E-state index is -1.29. The van der Waals surface area contributed by atoms with Gasteiger partial charge in [-0.1, -0.05) is 80.9 Å². The summed E-state index contributed by atoms with van der Waals surface area (Å²) in [6.45, 7) is 4.54. The summed E-state index contributed by atoms with van der Waals surface area (Å²) in [5, 5.41) is 11.1. The second-order valence-electron chi connectivity index (χ2n) is 13.2. The van der Waals surface area contributed by atoms with Crippen molar-refractivity contribution in [2.24, 2.45) is 33.8 Å². The summed E-state index contributed by atoms with van der Waals surface area (Å²) in [5.74, 6) is -3.01. The molecular weight excluding hydrogens is 702 g/mol. The first-order valence-corrected chi connectivity index (χ1v) is 18.5. The number of ether oxygens (including phenoxy) is 1. The van der Waals surface area contributed by atoms with Crippen LogP contribution in [0.4, 0.5) is 0 Å². The third-order valence-electron chi connectivity index (χ3n) is 9.01. The molecule has 3 aromatic carbocycles. The molecule has 0 heterocycles. The van der Waals surface area contributed by atoms with Crippen molar-refractivity contribution in [1.82, 2.24) is 21.3 Å². The maximum atomic E-state index is 14.1. The minimum absolute atomic E-state index is 0.106. The van der Waals surface area contributed by atoms with E-state index in [9.17, 15) is 24.0 Å². The van der Waals surface area contributed by atoms with Gasteiger partial charge in [0.05, 0.1) is 0 Å². The Labute approximate surface area is 322 Å². The molecule has 0 aliphatic carbocycles. The number of benzene rings is 3. The van der Waals surface area contributed by atoms with Gasteiger partial charge in [-0.15, -0.1) is 0 Å². The molecule has 5 atom stereocenters. The number of nitrogens with one attached hydrogen (secondary N) is 4. The van der Waals surface area contributed by atoms with Crippen molar-refractivity contribution in [3.8, 4) is 5.75 Å². The van der Waals surface area contributed by atoms with Gasteiger partial charge in [0, 0.05) is 12.1 Å². The van der Waals surface area contributed by atoms with E-state index < -0.39 is 53.7 Å². The largest absolute Gasteiger partial charge is 0.489 e. The maximum Gasteiger partial charge on any atom is 0.251 e. The van der Waals surface area contributed by atoms with Crippen molar-refractivity contribution >= 4 is 35.5 Å². The van der Waals surface area contributed by atoms with Crippen LogP contribution in [-0.2, 0) is 25.8 Å². The van der Waals surface area contributed by atoms with Crippen LogP contribution in [0.3, 0.4) is 0 Å². The molecule has 15 nitrogen and oxygen atoms in total. The van der Waals surface area contributed by atoms with Gasteiger partial charge in [0.1, 0.15) is 36.5 Å². The Balaban J connectivity index is 1.89. The Hall–Kier alpha value is -5.96. The minimum Gasteiger partial charge on any atom is -0.489 e. The van der Waals surface area contributed by atoms with Gasteiger partial charge < -0.3 is 48.9 Å². The number of guanidine groups is 1. The average Bonchev–Trinajstić information content (AvgIpc) is 3.19. The van der Waals surface area contributed by atoms with Crippen molar-refractivity contribution in [2.75, 3.05) is 13.1 Å². The summed E-state index contributed by atoms with van der Waals surface area (Å²) in [7, 11) is 0. The number of carbonyl (C=O) groups excluding carboxylic acids is 5. The topological polar surface area (TPSA) is 259 Å². The van der Waals surface area contributed by atoms with E-state index in [1.807, 2.05) is 37.3 Å². The molecule has 0 aliphatic heterocycles. The van der Waals surface area contributed by atoms with Crippen LogP contribution in [0.15, 0.2) is 89.9 Å². The molecule has 0 aromatic heterocycles. The van der Waals surface area contributed by atoms with Crippen molar-refractivity contribution < 1.29 is 28.7 Å². The maximum absolute atomic E-state index is 14.1. The number of unbranched alkanes of at least 4 members (excludes halogenated alkanes) is 1. The molecule has 0 radical (unpaired) electrons. The van der Waals surface area contributed by atoms with Crippen molar-refractivity contribution in [3.63, 3.8) is 0 Å². The molecule has 0 fully saturated rings. The molecule has 1 unspecified atom stereocenters. The van der Waals surface area contributed by atoms with Crippen LogP contribution in [0, 0.1) is 5.92 Å². The van der Waals surface area contributed by atoms with Gasteiger partial charge in [-0.2, -0.15) is 0 Å². The normalized spacial score (nSPS) is 13.5. The van der Waals surface area contributed by atoms with Crippen molar-refractivity contribution in [2.45, 2.75) is 83.1 Å². The van der Waals surface area contributed by atoms with Gasteiger partial charge >= 0.3 is 0 Å². The Bertz CT molecular complexity index is 1700. The van der Waals surface area contributed by atoms with Crippen LogP contribution < -0.4 is 48.9 Å². The van der Waals surface area contributed by atoms with E-state index in [0.717, 1.165) is 5.56 Å². The zero-order valence-electron chi connectivity index (χ0n) is 31.5. The highest BCUT2D eigenvalue weighted by atomic mass is 16.5. The fourth-order valence-electron chi connectivity index (χ4n) is 5.64. The number of nitrogens with zero attached hydrogens (tertiary/aromatic N) is 1. The molecule has 0 saturated heterocycles. The van der Waals surface area contributed by atoms with E-state index in [4.69, 9.17) is 27.7 Å². The molecule has 296 valence electrons. The average molecular weight is 758 g/mol. The SMILES string of the molecule is CCC(C)[C@H](NC(=O)[C@H](NC(=O)[C@H](CCCCN)NC(=O)[C@H](CCCN=C(N)N)NC(=O)c1ccccc1)c1ccc(OCc2ccccc2)cc1)C(N)=O. The third-order valence-corrected chi connectivity index (χ3v) is 9.01. The molecule has 12 N–H and O–H groups in total. The van der Waals surface area contributed by atoms with Gasteiger partial charge in [0.2, 0.25) is 23.6 Å². The summed E-state index contributed by atoms with van der Waals surface area (Å²) in [4.78, 5) is 71.3. The van der Waals surface area contributed by atoms with Crippen LogP contribution in [-0.4, -0.2) is 66.7 Å². The molecule has 0 saturated carbocycles. The van der Waals surface area contributed by atoms with E-state index in [1.165, 1.54) is 0 Å². The molecule has 0 aliphatic rings. The first kappa shape index (κ1) is 43.4. The highest BCUT2D eigenvalue weighted by molar-refractivity contribution is 5.99. The standard InChI is InChI=1S/C40H55N9O6/c1-3-26(2)33(35(42)50)48-39(54)34(28-19-21-30(22-20-28)55-25-27-13-6-4-7-14-27)49-38(53)31(17-10-11-23-41)47-37(52)32(18-12-24-45-40(43)44)46-36(51)29-15-8-5-9-16-29/h4-9,13-16,19-22,26,31-34H,3,10-12,17-18,23-25,41H2,1-2H3,(H2,42,50)(H,46,51)(H,47,52)(H,48,54)(H,49,53)(H4,43,44,45)/t26?,31-,32-,33-,34+/m0/s1. The van der Waals surface area contributed by atoms with Gasteiger partial charge in [0.25, 0.3) is 5.91 Å². The van der Waals surface area contributed by atoms with Crippen LogP contribution in [0.5, 0.6) is 5.75 Å². The second-order valence-corrected chi connectivity index (χ2v) is 13.2. The Kier molecular flexibility index (Phi) is 18.1. The van der Waals surface area contributed by atoms with Crippen LogP contribution in [0.1, 0.15) is 79.9 Å². The van der Waals surface area contributed by atoms with Crippen LogP contribution >= 0.6 is 0 Å². The van der Waals surface area contributed by atoms with Gasteiger partial charge in [-0.05, 0) is 80.0 Å². The quantitative estimate of drug-likeness (QED) is 0.0399. The number of primary amides is 1. The predicted octanol–water partition coefficient (Wildman–Crippen LogP) is 1.91. The lowest BCUT2D eigenvalue weighted by molar-refractivity contribution is -0.134. The molecule has 3 aromatic rings. The van der Waals surface area contributed by atoms with Crippen molar-refractivity contribution in [1.29, 1.82) is 0 Å². The smallest absolute Gasteiger partial charge is 0.251 e. The number of rotatable bonds is 23. The Morgan fingerprint density at radius 1 is 0.709 bits per heavy atom. The van der Waals surface area contributed by atoms with Gasteiger partial charge in [0.15, 0.2) is 5.96 Å². The van der Waals surface area contributed by atoms with E-state index in [0.29, 0.717) is 55.7 Å². The number of nitrogens with two attached hydrogens (primary N) is 4. The number of aliphatic imine (C=N–C) groups is 1. The molecule has 5 amide bonds.